The topological polar surface area (TPSA) is 73.8 Å². The number of halogens is 1. The molecule has 1 aliphatic heterocycles. The van der Waals surface area contributed by atoms with Gasteiger partial charge in [0.15, 0.2) is 4.80 Å². The highest BCUT2D eigenvalue weighted by Gasteiger charge is 2.34. The molecule has 0 saturated heterocycles. The third-order valence-corrected chi connectivity index (χ3v) is 7.89. The lowest BCUT2D eigenvalue weighted by atomic mass is 9.99. The number of furan rings is 1. The molecule has 0 saturated carbocycles. The number of benzene rings is 1. The Kier molecular flexibility index (Phi) is 7.09. The first-order valence-electron chi connectivity index (χ1n) is 11.6. The average Bonchev–Trinajstić information content (AvgIpc) is 3.61. The molecule has 9 heteroatoms. The standard InChI is InChI=1S/C27H23ClN2O4S2/c1-3-6-19-23(26(32)33-4-2)24(21-7-5-14-35-21)30-25(31)22(36-27(30)29-19)15-18-12-13-20(34-18)16-8-10-17(28)11-9-16/h5,7-15,24H,3-4,6H2,1-2H3/b22-15-. The summed E-state index contributed by atoms with van der Waals surface area (Å²) in [7, 11) is 0. The van der Waals surface area contributed by atoms with Crippen LogP contribution < -0.4 is 14.9 Å². The van der Waals surface area contributed by atoms with Crippen molar-refractivity contribution in [2.24, 2.45) is 4.99 Å². The molecule has 1 aromatic carbocycles. The van der Waals surface area contributed by atoms with Crippen molar-refractivity contribution in [3.8, 4) is 11.3 Å². The maximum Gasteiger partial charge on any atom is 0.338 e. The summed E-state index contributed by atoms with van der Waals surface area (Å²) < 4.78 is 13.5. The van der Waals surface area contributed by atoms with Crippen LogP contribution in [0.5, 0.6) is 0 Å². The summed E-state index contributed by atoms with van der Waals surface area (Å²) >= 11 is 8.78. The number of carbonyl (C=O) groups is 1. The van der Waals surface area contributed by atoms with Crippen molar-refractivity contribution in [2.45, 2.75) is 32.7 Å². The smallest absolute Gasteiger partial charge is 0.338 e. The highest BCUT2D eigenvalue weighted by atomic mass is 35.5. The molecule has 184 valence electrons. The van der Waals surface area contributed by atoms with Crippen LogP contribution in [0.4, 0.5) is 0 Å². The van der Waals surface area contributed by atoms with Crippen LogP contribution >= 0.6 is 34.3 Å². The van der Waals surface area contributed by atoms with Crippen LogP contribution in [0.3, 0.4) is 0 Å². The van der Waals surface area contributed by atoms with Crippen LogP contribution in [0, 0.1) is 0 Å². The van der Waals surface area contributed by atoms with Gasteiger partial charge in [0.05, 0.1) is 22.4 Å². The SMILES string of the molecule is CCCC1=C(C(=O)OCC)C(c2cccs2)n2c(s/c(=C\c3ccc(-c4ccc(Cl)cc4)o3)c2=O)=N1. The van der Waals surface area contributed by atoms with E-state index in [0.29, 0.717) is 43.6 Å². The van der Waals surface area contributed by atoms with E-state index in [1.54, 1.807) is 29.7 Å². The molecule has 0 fully saturated rings. The quantitative estimate of drug-likeness (QED) is 0.289. The van der Waals surface area contributed by atoms with Gasteiger partial charge in [-0.3, -0.25) is 9.36 Å². The minimum Gasteiger partial charge on any atom is -0.463 e. The van der Waals surface area contributed by atoms with Gasteiger partial charge >= 0.3 is 5.97 Å². The van der Waals surface area contributed by atoms with Gasteiger partial charge in [-0.1, -0.05) is 42.3 Å². The maximum atomic E-state index is 13.7. The van der Waals surface area contributed by atoms with Crippen molar-refractivity contribution in [3.63, 3.8) is 0 Å². The average molecular weight is 539 g/mol. The fourth-order valence-corrected chi connectivity index (χ4v) is 6.12. The van der Waals surface area contributed by atoms with E-state index in [0.717, 1.165) is 16.9 Å². The zero-order valence-corrected chi connectivity index (χ0v) is 22.1. The van der Waals surface area contributed by atoms with Gasteiger partial charge in [0.25, 0.3) is 5.56 Å². The molecule has 1 atom stereocenters. The van der Waals surface area contributed by atoms with Crippen LogP contribution in [-0.4, -0.2) is 17.1 Å². The molecule has 4 aromatic rings. The van der Waals surface area contributed by atoms with Gasteiger partial charge in [-0.15, -0.1) is 11.3 Å². The van der Waals surface area contributed by atoms with Crippen molar-refractivity contribution in [1.82, 2.24) is 4.57 Å². The lowest BCUT2D eigenvalue weighted by Crippen LogP contribution is -2.39. The van der Waals surface area contributed by atoms with Gasteiger partial charge in [0.1, 0.15) is 17.6 Å². The summed E-state index contributed by atoms with van der Waals surface area (Å²) in [5.74, 6) is 0.796. The summed E-state index contributed by atoms with van der Waals surface area (Å²) in [4.78, 5) is 33.0. The number of hydrogen-bond donors (Lipinski definition) is 0. The zero-order chi connectivity index (χ0) is 25.2. The van der Waals surface area contributed by atoms with E-state index in [1.165, 1.54) is 22.7 Å². The molecular weight excluding hydrogens is 516 g/mol. The van der Waals surface area contributed by atoms with Crippen LogP contribution in [0.2, 0.25) is 5.02 Å². The Morgan fingerprint density at radius 2 is 2.00 bits per heavy atom. The Hall–Kier alpha value is -3.20. The van der Waals surface area contributed by atoms with Crippen molar-refractivity contribution in [2.75, 3.05) is 6.61 Å². The normalized spacial score (nSPS) is 15.6. The summed E-state index contributed by atoms with van der Waals surface area (Å²) in [6.07, 6.45) is 3.15. The molecule has 0 radical (unpaired) electrons. The molecule has 0 spiro atoms. The minimum atomic E-state index is -0.578. The first kappa shape index (κ1) is 24.5. The van der Waals surface area contributed by atoms with E-state index in [1.807, 2.05) is 48.7 Å². The zero-order valence-electron chi connectivity index (χ0n) is 19.7. The van der Waals surface area contributed by atoms with Gasteiger partial charge in [-0.05, 0) is 61.2 Å². The Morgan fingerprint density at radius 3 is 2.69 bits per heavy atom. The number of fused-ring (bicyclic) bond motifs is 1. The summed E-state index contributed by atoms with van der Waals surface area (Å²) in [6.45, 7) is 4.06. The Labute approximate surface area is 220 Å². The van der Waals surface area contributed by atoms with E-state index in [4.69, 9.17) is 25.7 Å². The van der Waals surface area contributed by atoms with Crippen LogP contribution in [0.25, 0.3) is 17.4 Å². The second kappa shape index (κ2) is 10.4. The second-order valence-electron chi connectivity index (χ2n) is 8.14. The van der Waals surface area contributed by atoms with Crippen molar-refractivity contribution in [1.29, 1.82) is 0 Å². The highest BCUT2D eigenvalue weighted by Crippen LogP contribution is 2.34. The summed E-state index contributed by atoms with van der Waals surface area (Å²) in [5.41, 5.74) is 1.77. The van der Waals surface area contributed by atoms with E-state index in [-0.39, 0.29) is 12.2 Å². The second-order valence-corrected chi connectivity index (χ2v) is 10.6. The molecule has 0 bridgehead atoms. The monoisotopic (exact) mass is 538 g/mol. The lowest BCUT2D eigenvalue weighted by molar-refractivity contribution is -0.139. The largest absolute Gasteiger partial charge is 0.463 e. The van der Waals surface area contributed by atoms with Gasteiger partial charge in [0, 0.05) is 21.5 Å². The minimum absolute atomic E-state index is 0.223. The molecule has 0 amide bonds. The van der Waals surface area contributed by atoms with Crippen LogP contribution in [0.1, 0.15) is 43.4 Å². The number of thiazole rings is 1. The molecular formula is C27H23ClN2O4S2. The van der Waals surface area contributed by atoms with Crippen molar-refractivity contribution < 1.29 is 13.9 Å². The number of hydrogen-bond acceptors (Lipinski definition) is 7. The van der Waals surface area contributed by atoms with Gasteiger partial charge in [0.2, 0.25) is 0 Å². The van der Waals surface area contributed by atoms with Gasteiger partial charge < -0.3 is 9.15 Å². The third kappa shape index (κ3) is 4.64. The molecule has 3 aromatic heterocycles. The molecule has 1 aliphatic rings. The van der Waals surface area contributed by atoms with E-state index >= 15 is 0 Å². The maximum absolute atomic E-state index is 13.7. The first-order chi connectivity index (χ1) is 17.5. The predicted molar refractivity (Wildman–Crippen MR) is 143 cm³/mol. The third-order valence-electron chi connectivity index (χ3n) is 5.73. The number of ether oxygens (including phenoxy) is 1. The Bertz CT molecular complexity index is 1610. The molecule has 5 rings (SSSR count). The van der Waals surface area contributed by atoms with E-state index < -0.39 is 12.0 Å². The van der Waals surface area contributed by atoms with Gasteiger partial charge in [-0.2, -0.15) is 0 Å². The van der Waals surface area contributed by atoms with E-state index in [9.17, 15) is 9.59 Å². The molecule has 1 unspecified atom stereocenters. The Balaban J connectivity index is 1.64. The van der Waals surface area contributed by atoms with Gasteiger partial charge in [-0.25, -0.2) is 9.79 Å². The molecule has 0 aliphatic carbocycles. The number of nitrogens with zero attached hydrogens (tertiary/aromatic N) is 2. The number of thiophene rings is 1. The number of carbonyl (C=O) groups excluding carboxylic acids is 1. The number of aromatic nitrogens is 1. The fourth-order valence-electron chi connectivity index (χ4n) is 4.17. The molecule has 6 nitrogen and oxygen atoms in total. The Morgan fingerprint density at radius 1 is 1.19 bits per heavy atom. The molecule has 4 heterocycles. The number of rotatable bonds is 7. The molecule has 0 N–H and O–H groups in total. The van der Waals surface area contributed by atoms with Crippen LogP contribution in [0.15, 0.2) is 79.4 Å². The fraction of sp³-hybridized carbons (Fsp3) is 0.222. The molecule has 36 heavy (non-hydrogen) atoms. The summed E-state index contributed by atoms with van der Waals surface area (Å²) in [6, 6.07) is 14.3. The van der Waals surface area contributed by atoms with Crippen molar-refractivity contribution in [3.05, 3.63) is 101 Å². The highest BCUT2D eigenvalue weighted by molar-refractivity contribution is 7.10. The number of esters is 1. The van der Waals surface area contributed by atoms with Crippen molar-refractivity contribution >= 4 is 46.3 Å². The summed E-state index contributed by atoms with van der Waals surface area (Å²) in [5, 5.41) is 2.59. The van der Waals surface area contributed by atoms with E-state index in [2.05, 4.69) is 0 Å². The first-order valence-corrected chi connectivity index (χ1v) is 13.7. The lowest BCUT2D eigenvalue weighted by Gasteiger charge is -2.24. The predicted octanol–water partition coefficient (Wildman–Crippen LogP) is 5.55. The van der Waals surface area contributed by atoms with Crippen LogP contribution in [-0.2, 0) is 9.53 Å². The number of allylic oxidation sites excluding steroid dienone is 1.